The topological polar surface area (TPSA) is 26.3 Å². The van der Waals surface area contributed by atoms with Crippen LogP contribution < -0.4 is 4.74 Å². The first-order valence-corrected chi connectivity index (χ1v) is 6.22. The highest BCUT2D eigenvalue weighted by molar-refractivity contribution is 5.78. The van der Waals surface area contributed by atoms with Gasteiger partial charge in [-0.05, 0) is 55.3 Å². The minimum absolute atomic E-state index is 0.0397. The molecule has 0 aromatic heterocycles. The van der Waals surface area contributed by atoms with Gasteiger partial charge in [0.15, 0.2) is 6.29 Å². The molecule has 5 heteroatoms. The summed E-state index contributed by atoms with van der Waals surface area (Å²) in [7, 11) is 0. The molecule has 0 radical (unpaired) electrons. The van der Waals surface area contributed by atoms with Crippen molar-refractivity contribution in [3.05, 3.63) is 58.7 Å². The van der Waals surface area contributed by atoms with Gasteiger partial charge in [-0.3, -0.25) is 4.79 Å². The van der Waals surface area contributed by atoms with Crippen molar-refractivity contribution >= 4 is 6.29 Å². The van der Waals surface area contributed by atoms with Crippen LogP contribution in [0.3, 0.4) is 0 Å². The molecule has 2 aromatic carbocycles. The second-order valence-electron chi connectivity index (χ2n) is 4.79. The van der Waals surface area contributed by atoms with Crippen LogP contribution in [0.15, 0.2) is 36.4 Å². The molecule has 0 aliphatic rings. The number of halogens is 3. The molecule has 0 N–H and O–H groups in total. The summed E-state index contributed by atoms with van der Waals surface area (Å²) in [5, 5.41) is 0. The Morgan fingerprint density at radius 1 is 0.952 bits per heavy atom. The monoisotopic (exact) mass is 294 g/mol. The van der Waals surface area contributed by atoms with Gasteiger partial charge in [-0.25, -0.2) is 0 Å². The van der Waals surface area contributed by atoms with Crippen LogP contribution in [0.25, 0.3) is 0 Å². The normalized spacial score (nSPS) is 11.3. The van der Waals surface area contributed by atoms with E-state index in [0.29, 0.717) is 5.75 Å². The van der Waals surface area contributed by atoms with Crippen molar-refractivity contribution in [1.82, 2.24) is 0 Å². The Balaban J connectivity index is 2.39. The number of aldehydes is 1. The van der Waals surface area contributed by atoms with Crippen molar-refractivity contribution in [3.8, 4) is 11.5 Å². The molecule has 0 bridgehead atoms. The zero-order valence-corrected chi connectivity index (χ0v) is 11.5. The number of carbonyl (C=O) groups is 1. The van der Waals surface area contributed by atoms with Gasteiger partial charge >= 0.3 is 6.18 Å². The van der Waals surface area contributed by atoms with E-state index in [9.17, 15) is 18.0 Å². The number of ether oxygens (including phenoxy) is 1. The van der Waals surface area contributed by atoms with Crippen LogP contribution in [0.4, 0.5) is 13.2 Å². The highest BCUT2D eigenvalue weighted by Gasteiger charge is 2.33. The number of hydrogen-bond acceptors (Lipinski definition) is 2. The summed E-state index contributed by atoms with van der Waals surface area (Å²) in [6.45, 7) is 3.74. The van der Waals surface area contributed by atoms with Crippen LogP contribution >= 0.6 is 0 Å². The van der Waals surface area contributed by atoms with Gasteiger partial charge in [0.2, 0.25) is 0 Å². The molecule has 0 unspecified atom stereocenters. The average molecular weight is 294 g/mol. The Morgan fingerprint density at radius 3 is 2.10 bits per heavy atom. The molecule has 0 fully saturated rings. The summed E-state index contributed by atoms with van der Waals surface area (Å²) in [6, 6.07) is 8.68. The van der Waals surface area contributed by atoms with E-state index >= 15 is 0 Å². The first kappa shape index (κ1) is 15.1. The molecule has 21 heavy (non-hydrogen) atoms. The number of hydrogen-bond donors (Lipinski definition) is 0. The van der Waals surface area contributed by atoms with Crippen molar-refractivity contribution in [3.63, 3.8) is 0 Å². The van der Waals surface area contributed by atoms with E-state index in [1.807, 2.05) is 19.9 Å². The molecule has 0 amide bonds. The molecule has 0 aliphatic heterocycles. The molecule has 0 aliphatic carbocycles. The zero-order chi connectivity index (χ0) is 15.6. The van der Waals surface area contributed by atoms with Gasteiger partial charge in [-0.2, -0.15) is 13.2 Å². The third kappa shape index (κ3) is 3.62. The van der Waals surface area contributed by atoms with E-state index in [-0.39, 0.29) is 12.0 Å². The second-order valence-corrected chi connectivity index (χ2v) is 4.79. The summed E-state index contributed by atoms with van der Waals surface area (Å²) in [6.07, 6.45) is -4.42. The van der Waals surface area contributed by atoms with Crippen LogP contribution in [0.5, 0.6) is 11.5 Å². The van der Waals surface area contributed by atoms with Crippen LogP contribution in [0, 0.1) is 13.8 Å². The quantitative estimate of drug-likeness (QED) is 0.750. The molecular weight excluding hydrogens is 281 g/mol. The summed E-state index contributed by atoms with van der Waals surface area (Å²) in [5.74, 6) is 0.498. The number of benzene rings is 2. The standard InChI is InChI=1S/C16H13F3O2/c1-10-5-11(2)7-14(6-10)21-13-4-3-12(9-20)15(8-13)16(17,18)19/h3-9H,1-2H3. The van der Waals surface area contributed by atoms with E-state index in [1.165, 1.54) is 6.07 Å². The lowest BCUT2D eigenvalue weighted by Gasteiger charge is -2.13. The predicted octanol–water partition coefficient (Wildman–Crippen LogP) is 4.93. The Morgan fingerprint density at radius 2 is 1.57 bits per heavy atom. The maximum Gasteiger partial charge on any atom is 0.417 e. The minimum atomic E-state index is -4.60. The lowest BCUT2D eigenvalue weighted by Crippen LogP contribution is -2.09. The van der Waals surface area contributed by atoms with Crippen LogP contribution in [0.2, 0.25) is 0 Å². The average Bonchev–Trinajstić information content (AvgIpc) is 2.36. The molecule has 0 spiro atoms. The zero-order valence-electron chi connectivity index (χ0n) is 11.5. The highest BCUT2D eigenvalue weighted by Crippen LogP contribution is 2.35. The smallest absolute Gasteiger partial charge is 0.417 e. The molecule has 2 nitrogen and oxygen atoms in total. The lowest BCUT2D eigenvalue weighted by molar-refractivity contribution is -0.137. The van der Waals surface area contributed by atoms with Crippen molar-refractivity contribution in [2.45, 2.75) is 20.0 Å². The number of rotatable bonds is 3. The summed E-state index contributed by atoms with van der Waals surface area (Å²) in [4.78, 5) is 10.7. The van der Waals surface area contributed by atoms with Crippen LogP contribution in [0.1, 0.15) is 27.0 Å². The third-order valence-electron chi connectivity index (χ3n) is 2.89. The van der Waals surface area contributed by atoms with Crippen molar-refractivity contribution in [2.24, 2.45) is 0 Å². The molecule has 2 aromatic rings. The Bertz CT molecular complexity index is 655. The fourth-order valence-electron chi connectivity index (χ4n) is 2.08. The SMILES string of the molecule is Cc1cc(C)cc(Oc2ccc(C=O)c(C(F)(F)F)c2)c1. The van der Waals surface area contributed by atoms with E-state index in [0.717, 1.165) is 23.3 Å². The molecule has 0 heterocycles. The van der Waals surface area contributed by atoms with E-state index in [4.69, 9.17) is 4.74 Å². The molecule has 0 atom stereocenters. The van der Waals surface area contributed by atoms with Crippen LogP contribution in [-0.2, 0) is 6.18 Å². The summed E-state index contributed by atoms with van der Waals surface area (Å²) < 4.78 is 44.1. The fraction of sp³-hybridized carbons (Fsp3) is 0.188. The number of aryl methyl sites for hydroxylation is 2. The molecule has 0 saturated carbocycles. The van der Waals surface area contributed by atoms with E-state index in [1.54, 1.807) is 12.1 Å². The maximum absolute atomic E-state index is 12.9. The van der Waals surface area contributed by atoms with Crippen molar-refractivity contribution in [2.75, 3.05) is 0 Å². The van der Waals surface area contributed by atoms with Crippen molar-refractivity contribution in [1.29, 1.82) is 0 Å². The van der Waals surface area contributed by atoms with Gasteiger partial charge < -0.3 is 4.74 Å². The van der Waals surface area contributed by atoms with Gasteiger partial charge in [0.25, 0.3) is 0 Å². The minimum Gasteiger partial charge on any atom is -0.457 e. The van der Waals surface area contributed by atoms with E-state index < -0.39 is 17.3 Å². The Hall–Kier alpha value is -2.30. The largest absolute Gasteiger partial charge is 0.457 e. The Labute approximate surface area is 120 Å². The van der Waals surface area contributed by atoms with E-state index in [2.05, 4.69) is 0 Å². The molecule has 110 valence electrons. The predicted molar refractivity (Wildman–Crippen MR) is 72.8 cm³/mol. The maximum atomic E-state index is 12.9. The lowest BCUT2D eigenvalue weighted by atomic mass is 10.1. The molecule has 0 saturated heterocycles. The van der Waals surface area contributed by atoms with Crippen LogP contribution in [-0.4, -0.2) is 6.29 Å². The van der Waals surface area contributed by atoms with Gasteiger partial charge in [-0.15, -0.1) is 0 Å². The summed E-state index contributed by atoms with van der Waals surface area (Å²) >= 11 is 0. The first-order valence-electron chi connectivity index (χ1n) is 6.22. The number of carbonyl (C=O) groups excluding carboxylic acids is 1. The van der Waals surface area contributed by atoms with Crippen molar-refractivity contribution < 1.29 is 22.7 Å². The van der Waals surface area contributed by atoms with Gasteiger partial charge in [-0.1, -0.05) is 6.07 Å². The molecular formula is C16H13F3O2. The first-order chi connectivity index (χ1) is 9.79. The summed E-state index contributed by atoms with van der Waals surface area (Å²) in [5.41, 5.74) is 0.491. The molecule has 2 rings (SSSR count). The fourth-order valence-corrected chi connectivity index (χ4v) is 2.08. The second kappa shape index (κ2) is 5.60. The highest BCUT2D eigenvalue weighted by atomic mass is 19.4. The Kier molecular flexibility index (Phi) is 4.02. The third-order valence-corrected chi connectivity index (χ3v) is 2.89. The van der Waals surface area contributed by atoms with Gasteiger partial charge in [0, 0.05) is 5.56 Å². The number of alkyl halides is 3. The van der Waals surface area contributed by atoms with Gasteiger partial charge in [0.05, 0.1) is 5.56 Å². The van der Waals surface area contributed by atoms with Gasteiger partial charge in [0.1, 0.15) is 11.5 Å².